The normalized spacial score (nSPS) is 10.2. The molecule has 0 bridgehead atoms. The Bertz CT molecular complexity index is 1150. The van der Waals surface area contributed by atoms with Crippen LogP contribution in [0.4, 0.5) is 17.1 Å². The molecule has 0 amide bonds. The Balaban J connectivity index is 0.000000220. The number of rotatable bonds is 5. The van der Waals surface area contributed by atoms with Crippen LogP contribution in [0.25, 0.3) is 10.8 Å². The minimum absolute atomic E-state index is 0.447. The Labute approximate surface area is 183 Å². The maximum absolute atomic E-state index is 10.4. The van der Waals surface area contributed by atoms with Gasteiger partial charge < -0.3 is 9.84 Å². The first-order valence-corrected chi connectivity index (χ1v) is 9.45. The third-order valence-corrected chi connectivity index (χ3v) is 5.09. The van der Waals surface area contributed by atoms with Gasteiger partial charge in [-0.05, 0) is 44.8 Å². The summed E-state index contributed by atoms with van der Waals surface area (Å²) in [5.41, 5.74) is -1.64. The summed E-state index contributed by atoms with van der Waals surface area (Å²) in [6, 6.07) is 11.5. The Morgan fingerprint density at radius 3 is 1.97 bits per heavy atom. The van der Waals surface area contributed by atoms with Crippen molar-refractivity contribution in [2.24, 2.45) is 0 Å². The van der Waals surface area contributed by atoms with Gasteiger partial charge in [-0.15, -0.1) is 0 Å². The first-order valence-electron chi connectivity index (χ1n) is 8.66. The first kappa shape index (κ1) is 23.5. The van der Waals surface area contributed by atoms with Crippen molar-refractivity contribution in [2.45, 2.75) is 13.3 Å². The predicted octanol–water partition coefficient (Wildman–Crippen LogP) is 5.29. The van der Waals surface area contributed by atoms with E-state index in [1.54, 1.807) is 7.11 Å². The first-order chi connectivity index (χ1) is 14.6. The molecule has 0 fully saturated rings. The lowest BCUT2D eigenvalue weighted by molar-refractivity contribution is -0.404. The number of halogens is 1. The zero-order valence-corrected chi connectivity index (χ0v) is 17.9. The van der Waals surface area contributed by atoms with E-state index in [-0.39, 0.29) is 0 Å². The minimum Gasteiger partial charge on any atom is -0.497 e. The van der Waals surface area contributed by atoms with E-state index in [9.17, 15) is 30.3 Å². The van der Waals surface area contributed by atoms with Gasteiger partial charge in [0.2, 0.25) is 0 Å². The van der Waals surface area contributed by atoms with E-state index >= 15 is 0 Å². The molecule has 0 saturated carbocycles. The Morgan fingerprint density at radius 2 is 1.52 bits per heavy atom. The molecule has 11 nitrogen and oxygen atoms in total. The number of phenols is 1. The number of methoxy groups -OCH3 is 1. The average molecular weight is 494 g/mol. The second-order valence-electron chi connectivity index (χ2n) is 6.09. The van der Waals surface area contributed by atoms with Crippen molar-refractivity contribution in [3.05, 3.63) is 82.8 Å². The van der Waals surface area contributed by atoms with E-state index in [4.69, 9.17) is 9.84 Å². The minimum atomic E-state index is -1.21. The van der Waals surface area contributed by atoms with Crippen LogP contribution in [0.1, 0.15) is 12.5 Å². The highest BCUT2D eigenvalue weighted by Crippen LogP contribution is 2.39. The number of nitrogens with zero attached hydrogens (tertiary/aromatic N) is 3. The highest BCUT2D eigenvalue weighted by molar-refractivity contribution is 9.10. The zero-order chi connectivity index (χ0) is 23.3. The largest absolute Gasteiger partial charge is 0.497 e. The molecule has 0 aliphatic rings. The van der Waals surface area contributed by atoms with Crippen molar-refractivity contribution < 1.29 is 24.6 Å². The molecule has 0 aliphatic carbocycles. The van der Waals surface area contributed by atoms with E-state index in [1.807, 2.05) is 6.07 Å². The monoisotopic (exact) mass is 493 g/mol. The molecule has 3 aromatic rings. The van der Waals surface area contributed by atoms with E-state index in [1.165, 1.54) is 16.3 Å². The van der Waals surface area contributed by atoms with Gasteiger partial charge in [-0.25, -0.2) is 0 Å². The van der Waals surface area contributed by atoms with Crippen LogP contribution in [-0.4, -0.2) is 27.0 Å². The fourth-order valence-corrected chi connectivity index (χ4v) is 3.33. The fourth-order valence-electron chi connectivity index (χ4n) is 2.67. The van der Waals surface area contributed by atoms with Crippen molar-refractivity contribution in [3.8, 4) is 11.5 Å². The molecule has 0 heterocycles. The van der Waals surface area contributed by atoms with Crippen molar-refractivity contribution in [3.63, 3.8) is 0 Å². The van der Waals surface area contributed by atoms with E-state index in [2.05, 4.69) is 47.1 Å². The molecule has 0 unspecified atom stereocenters. The molecule has 31 heavy (non-hydrogen) atoms. The Morgan fingerprint density at radius 1 is 0.935 bits per heavy atom. The lowest BCUT2D eigenvalue weighted by Crippen LogP contribution is -1.97. The lowest BCUT2D eigenvalue weighted by Gasteiger charge is -2.07. The smallest absolute Gasteiger partial charge is 0.324 e. The molecule has 0 spiro atoms. The maximum Gasteiger partial charge on any atom is 0.324 e. The van der Waals surface area contributed by atoms with Gasteiger partial charge in [-0.1, -0.05) is 31.2 Å². The molecular formula is C19H16BrN3O8. The summed E-state index contributed by atoms with van der Waals surface area (Å²) < 4.78 is 6.30. The summed E-state index contributed by atoms with van der Waals surface area (Å²) in [4.78, 5) is 27.8. The molecule has 3 aromatic carbocycles. The van der Waals surface area contributed by atoms with Gasteiger partial charge in [0.25, 0.3) is 11.4 Å². The molecule has 3 rings (SSSR count). The highest BCUT2D eigenvalue weighted by atomic mass is 79.9. The van der Waals surface area contributed by atoms with E-state index in [0.29, 0.717) is 12.1 Å². The molecule has 0 radical (unpaired) electrons. The topological polar surface area (TPSA) is 159 Å². The SMILES string of the molecule is CCc1ccc2c(Br)c(OC)ccc2c1.O=[N+]([O-])c1cc([N+](=O)[O-])c(O)c([N+](=O)[O-])c1. The number of ether oxygens (including phenoxy) is 1. The number of nitro benzene ring substituents is 3. The zero-order valence-electron chi connectivity index (χ0n) is 16.3. The quantitative estimate of drug-likeness (QED) is 0.370. The van der Waals surface area contributed by atoms with Gasteiger partial charge in [-0.2, -0.15) is 0 Å². The number of nitro groups is 3. The van der Waals surface area contributed by atoms with Crippen LogP contribution < -0.4 is 4.74 Å². The molecular weight excluding hydrogens is 478 g/mol. The van der Waals surface area contributed by atoms with Gasteiger partial charge in [-0.3, -0.25) is 30.3 Å². The van der Waals surface area contributed by atoms with E-state index in [0.717, 1.165) is 16.6 Å². The number of non-ortho nitro benzene ring substituents is 1. The van der Waals surface area contributed by atoms with Crippen LogP contribution in [0.15, 0.2) is 46.9 Å². The average Bonchev–Trinajstić information content (AvgIpc) is 2.73. The van der Waals surface area contributed by atoms with Crippen LogP contribution in [0.5, 0.6) is 11.5 Å². The van der Waals surface area contributed by atoms with Gasteiger partial charge in [0.05, 0.1) is 38.5 Å². The Kier molecular flexibility index (Phi) is 7.42. The van der Waals surface area contributed by atoms with Gasteiger partial charge in [0.15, 0.2) is 0 Å². The summed E-state index contributed by atoms with van der Waals surface area (Å²) in [7, 11) is 1.69. The summed E-state index contributed by atoms with van der Waals surface area (Å²) >= 11 is 3.56. The van der Waals surface area contributed by atoms with Gasteiger partial charge >= 0.3 is 11.4 Å². The fraction of sp³-hybridized carbons (Fsp3) is 0.158. The standard InChI is InChI=1S/C13H13BrO.C6H3N3O7/c1-3-9-4-6-11-10(8-9)5-7-12(15-2)13(11)14;10-6-4(8(13)14)1-3(7(11)12)2-5(6)9(15)16/h4-8H,3H2,1-2H3;1-2,10H. The van der Waals surface area contributed by atoms with Crippen molar-refractivity contribution in [1.29, 1.82) is 0 Å². The summed E-state index contributed by atoms with van der Waals surface area (Å²) in [6.45, 7) is 2.17. The molecule has 0 atom stereocenters. The second-order valence-corrected chi connectivity index (χ2v) is 6.89. The Hall–Kier alpha value is -3.80. The number of hydrogen-bond acceptors (Lipinski definition) is 8. The molecule has 162 valence electrons. The molecule has 0 aliphatic heterocycles. The maximum atomic E-state index is 10.4. The van der Waals surface area contributed by atoms with Gasteiger partial charge in [0, 0.05) is 0 Å². The number of phenolic OH excluding ortho intramolecular Hbond substituents is 1. The van der Waals surface area contributed by atoms with Crippen molar-refractivity contribution in [2.75, 3.05) is 7.11 Å². The third kappa shape index (κ3) is 5.22. The molecule has 0 saturated heterocycles. The van der Waals surface area contributed by atoms with Crippen LogP contribution in [-0.2, 0) is 6.42 Å². The summed E-state index contributed by atoms with van der Waals surface area (Å²) in [5, 5.41) is 42.7. The number of aryl methyl sites for hydroxylation is 1. The van der Waals surface area contributed by atoms with E-state index < -0.39 is 37.6 Å². The lowest BCUT2D eigenvalue weighted by atomic mass is 10.1. The second kappa shape index (κ2) is 9.80. The van der Waals surface area contributed by atoms with Crippen molar-refractivity contribution in [1.82, 2.24) is 0 Å². The van der Waals surface area contributed by atoms with Crippen LogP contribution in [0.3, 0.4) is 0 Å². The van der Waals surface area contributed by atoms with Crippen LogP contribution >= 0.6 is 15.9 Å². The number of fused-ring (bicyclic) bond motifs is 1. The number of aromatic hydroxyl groups is 1. The van der Waals surface area contributed by atoms with Crippen molar-refractivity contribution >= 4 is 43.8 Å². The highest BCUT2D eigenvalue weighted by Gasteiger charge is 2.30. The molecule has 12 heteroatoms. The molecule has 0 aromatic heterocycles. The number of hydrogen-bond donors (Lipinski definition) is 1. The van der Waals surface area contributed by atoms with Crippen LogP contribution in [0, 0.1) is 30.3 Å². The van der Waals surface area contributed by atoms with Crippen LogP contribution in [0.2, 0.25) is 0 Å². The molecule has 1 N–H and O–H groups in total. The van der Waals surface area contributed by atoms with Gasteiger partial charge in [0.1, 0.15) is 5.75 Å². The predicted molar refractivity (Wildman–Crippen MR) is 116 cm³/mol. The summed E-state index contributed by atoms with van der Waals surface area (Å²) in [5.74, 6) is -0.327. The third-order valence-electron chi connectivity index (χ3n) is 4.27. The summed E-state index contributed by atoms with van der Waals surface area (Å²) in [6.07, 6.45) is 1.07. The number of benzene rings is 3.